The fourth-order valence-electron chi connectivity index (χ4n) is 3.97. The predicted molar refractivity (Wildman–Crippen MR) is 129 cm³/mol. The molecule has 4 rings (SSSR count). The topological polar surface area (TPSA) is 45.7 Å². The SMILES string of the molecule is COCCCN1C(=O)/C(=C/c2cc3cc(C)ccc3nc2N2CCCCC2)SC1=S. The number of nitrogens with zero attached hydrogens (tertiary/aromatic N) is 3. The molecule has 1 amide bonds. The van der Waals surface area contributed by atoms with Gasteiger partial charge in [0.1, 0.15) is 10.1 Å². The van der Waals surface area contributed by atoms with Crippen molar-refractivity contribution in [2.45, 2.75) is 32.6 Å². The lowest BCUT2D eigenvalue weighted by molar-refractivity contribution is -0.122. The largest absolute Gasteiger partial charge is 0.385 e. The monoisotopic (exact) mass is 441 g/mol. The highest BCUT2D eigenvalue weighted by atomic mass is 32.2. The summed E-state index contributed by atoms with van der Waals surface area (Å²) in [5.41, 5.74) is 3.18. The highest BCUT2D eigenvalue weighted by molar-refractivity contribution is 8.26. The van der Waals surface area contributed by atoms with Gasteiger partial charge in [0.2, 0.25) is 0 Å². The second-order valence-electron chi connectivity index (χ2n) is 7.82. The standard InChI is InChI=1S/C23H27N3O2S2/c1-16-7-8-19-17(13-16)14-18(21(24-19)25-9-4-3-5-10-25)15-20-22(27)26(23(29)30-20)11-6-12-28-2/h7-8,13-15H,3-6,9-12H2,1-2H3/b20-15-. The molecule has 158 valence electrons. The van der Waals surface area contributed by atoms with Crippen molar-refractivity contribution in [3.05, 3.63) is 40.3 Å². The first kappa shape index (κ1) is 21.3. The average Bonchev–Trinajstić information content (AvgIpc) is 3.01. The molecule has 2 fully saturated rings. The molecule has 0 spiro atoms. The highest BCUT2D eigenvalue weighted by Gasteiger charge is 2.32. The number of carbonyl (C=O) groups excluding carboxylic acids is 1. The number of anilines is 1. The summed E-state index contributed by atoms with van der Waals surface area (Å²) in [6, 6.07) is 8.49. The van der Waals surface area contributed by atoms with E-state index in [9.17, 15) is 4.79 Å². The van der Waals surface area contributed by atoms with E-state index in [2.05, 4.69) is 36.1 Å². The minimum Gasteiger partial charge on any atom is -0.385 e. The number of thiocarbonyl (C=S) groups is 1. The number of amides is 1. The van der Waals surface area contributed by atoms with Crippen LogP contribution in [0.2, 0.25) is 0 Å². The molecule has 0 aliphatic carbocycles. The summed E-state index contributed by atoms with van der Waals surface area (Å²) in [7, 11) is 1.67. The van der Waals surface area contributed by atoms with Gasteiger partial charge in [-0.2, -0.15) is 0 Å². The van der Waals surface area contributed by atoms with Crippen LogP contribution in [-0.2, 0) is 9.53 Å². The first-order valence-corrected chi connectivity index (χ1v) is 11.7. The van der Waals surface area contributed by atoms with Crippen LogP contribution in [0, 0.1) is 6.92 Å². The first-order chi connectivity index (χ1) is 14.6. The van der Waals surface area contributed by atoms with Crippen LogP contribution in [-0.4, -0.2) is 53.5 Å². The molecule has 0 bridgehead atoms. The number of piperidine rings is 1. The molecule has 0 atom stereocenters. The molecule has 0 N–H and O–H groups in total. The van der Waals surface area contributed by atoms with Crippen molar-refractivity contribution in [3.63, 3.8) is 0 Å². The van der Waals surface area contributed by atoms with E-state index in [1.165, 1.54) is 36.6 Å². The third kappa shape index (κ3) is 4.53. The summed E-state index contributed by atoms with van der Waals surface area (Å²) >= 11 is 6.85. The Kier molecular flexibility index (Phi) is 6.71. The van der Waals surface area contributed by atoms with Gasteiger partial charge in [0.05, 0.1) is 10.4 Å². The number of rotatable bonds is 6. The summed E-state index contributed by atoms with van der Waals surface area (Å²) in [5, 5.41) is 1.09. The number of hydrogen-bond donors (Lipinski definition) is 0. The van der Waals surface area contributed by atoms with Crippen LogP contribution < -0.4 is 4.90 Å². The number of benzene rings is 1. The van der Waals surface area contributed by atoms with E-state index in [0.717, 1.165) is 41.8 Å². The van der Waals surface area contributed by atoms with Crippen molar-refractivity contribution in [2.24, 2.45) is 0 Å². The predicted octanol–water partition coefficient (Wildman–Crippen LogP) is 4.77. The Bertz CT molecular complexity index is 999. The number of methoxy groups -OCH3 is 1. The van der Waals surface area contributed by atoms with Crippen molar-refractivity contribution in [1.29, 1.82) is 0 Å². The van der Waals surface area contributed by atoms with Crippen molar-refractivity contribution >= 4 is 57.0 Å². The molecule has 1 aromatic heterocycles. The molecule has 2 aliphatic heterocycles. The van der Waals surface area contributed by atoms with E-state index >= 15 is 0 Å². The lowest BCUT2D eigenvalue weighted by Crippen LogP contribution is -2.31. The Morgan fingerprint density at radius 2 is 2.03 bits per heavy atom. The van der Waals surface area contributed by atoms with Gasteiger partial charge in [0, 0.05) is 44.3 Å². The Hall–Kier alpha value is -1.96. The zero-order valence-electron chi connectivity index (χ0n) is 17.5. The number of pyridine rings is 1. The van der Waals surface area contributed by atoms with E-state index in [1.54, 1.807) is 12.0 Å². The van der Waals surface area contributed by atoms with Gasteiger partial charge in [0.15, 0.2) is 0 Å². The maximum atomic E-state index is 13.0. The van der Waals surface area contributed by atoms with Crippen LogP contribution in [0.4, 0.5) is 5.82 Å². The molecule has 5 nitrogen and oxygen atoms in total. The minimum atomic E-state index is -0.0185. The van der Waals surface area contributed by atoms with Crippen LogP contribution in [0.1, 0.15) is 36.8 Å². The van der Waals surface area contributed by atoms with Crippen molar-refractivity contribution in [3.8, 4) is 0 Å². The van der Waals surface area contributed by atoms with E-state index in [1.807, 2.05) is 6.08 Å². The lowest BCUT2D eigenvalue weighted by atomic mass is 10.1. The van der Waals surface area contributed by atoms with Gasteiger partial charge in [-0.15, -0.1) is 0 Å². The van der Waals surface area contributed by atoms with E-state index in [0.29, 0.717) is 22.4 Å². The normalized spacial score (nSPS) is 18.8. The second-order valence-corrected chi connectivity index (χ2v) is 9.50. The molecule has 0 radical (unpaired) electrons. The molecule has 2 aliphatic rings. The number of aryl methyl sites for hydroxylation is 1. The molecule has 2 saturated heterocycles. The molecule has 0 unspecified atom stereocenters. The Labute approximate surface area is 187 Å². The maximum Gasteiger partial charge on any atom is 0.266 e. The molecule has 3 heterocycles. The van der Waals surface area contributed by atoms with Crippen LogP contribution in [0.25, 0.3) is 17.0 Å². The number of carbonyl (C=O) groups is 1. The average molecular weight is 442 g/mol. The van der Waals surface area contributed by atoms with Crippen molar-refractivity contribution in [2.75, 3.05) is 38.3 Å². The van der Waals surface area contributed by atoms with Crippen molar-refractivity contribution < 1.29 is 9.53 Å². The van der Waals surface area contributed by atoms with Gasteiger partial charge >= 0.3 is 0 Å². The van der Waals surface area contributed by atoms with Gasteiger partial charge in [-0.25, -0.2) is 4.98 Å². The number of fused-ring (bicyclic) bond motifs is 1. The zero-order valence-corrected chi connectivity index (χ0v) is 19.2. The van der Waals surface area contributed by atoms with Gasteiger partial charge in [-0.05, 0) is 56.9 Å². The molecular formula is C23H27N3O2S2. The summed E-state index contributed by atoms with van der Waals surface area (Å²) in [6.07, 6.45) is 6.36. The van der Waals surface area contributed by atoms with Crippen LogP contribution in [0.5, 0.6) is 0 Å². The van der Waals surface area contributed by atoms with E-state index < -0.39 is 0 Å². The Morgan fingerprint density at radius 1 is 1.23 bits per heavy atom. The summed E-state index contributed by atoms with van der Waals surface area (Å²) < 4.78 is 5.73. The Balaban J connectivity index is 1.71. The van der Waals surface area contributed by atoms with Crippen molar-refractivity contribution in [1.82, 2.24) is 9.88 Å². The zero-order chi connectivity index (χ0) is 21.1. The fourth-order valence-corrected chi connectivity index (χ4v) is 5.27. The lowest BCUT2D eigenvalue weighted by Gasteiger charge is -2.29. The summed E-state index contributed by atoms with van der Waals surface area (Å²) in [5.74, 6) is 0.950. The first-order valence-electron chi connectivity index (χ1n) is 10.5. The van der Waals surface area contributed by atoms with Crippen LogP contribution in [0.15, 0.2) is 29.2 Å². The quantitative estimate of drug-likeness (QED) is 0.366. The molecule has 7 heteroatoms. The Morgan fingerprint density at radius 3 is 2.80 bits per heavy atom. The number of aromatic nitrogens is 1. The molecule has 0 saturated carbocycles. The second kappa shape index (κ2) is 9.45. The molecule has 1 aromatic carbocycles. The number of thioether (sulfide) groups is 1. The smallest absolute Gasteiger partial charge is 0.266 e. The molecular weight excluding hydrogens is 414 g/mol. The fraction of sp³-hybridized carbons (Fsp3) is 0.435. The molecule has 30 heavy (non-hydrogen) atoms. The molecule has 2 aromatic rings. The number of ether oxygens (including phenoxy) is 1. The van der Waals surface area contributed by atoms with E-state index in [-0.39, 0.29) is 5.91 Å². The van der Waals surface area contributed by atoms with Crippen LogP contribution >= 0.6 is 24.0 Å². The van der Waals surface area contributed by atoms with E-state index in [4.69, 9.17) is 21.9 Å². The minimum absolute atomic E-state index is 0.0185. The number of hydrogen-bond acceptors (Lipinski definition) is 6. The summed E-state index contributed by atoms with van der Waals surface area (Å²) in [4.78, 5) is 22.7. The third-order valence-electron chi connectivity index (χ3n) is 5.52. The maximum absolute atomic E-state index is 13.0. The van der Waals surface area contributed by atoms with Gasteiger partial charge in [0.25, 0.3) is 5.91 Å². The van der Waals surface area contributed by atoms with Gasteiger partial charge in [-0.3, -0.25) is 9.69 Å². The van der Waals surface area contributed by atoms with Gasteiger partial charge < -0.3 is 9.64 Å². The van der Waals surface area contributed by atoms with Gasteiger partial charge in [-0.1, -0.05) is 35.6 Å². The third-order valence-corrected chi connectivity index (χ3v) is 6.90. The summed E-state index contributed by atoms with van der Waals surface area (Å²) in [6.45, 7) is 5.29. The van der Waals surface area contributed by atoms with Crippen LogP contribution in [0.3, 0.4) is 0 Å². The highest BCUT2D eigenvalue weighted by Crippen LogP contribution is 2.35.